The molecule has 0 fully saturated rings. The van der Waals surface area contributed by atoms with Crippen LogP contribution in [0.4, 0.5) is 5.69 Å². The summed E-state index contributed by atoms with van der Waals surface area (Å²) < 4.78 is 5.42. The molecular weight excluding hydrogens is 252 g/mol. The number of carbonyl (C=O) groups excluding carboxylic acids is 1. The van der Waals surface area contributed by atoms with Crippen LogP contribution in [-0.4, -0.2) is 25.7 Å². The summed E-state index contributed by atoms with van der Waals surface area (Å²) in [5.41, 5.74) is 7.28. The van der Waals surface area contributed by atoms with Crippen LogP contribution in [0.1, 0.15) is 31.7 Å². The Balaban J connectivity index is 2.14. The van der Waals surface area contributed by atoms with E-state index in [2.05, 4.69) is 12.2 Å². The van der Waals surface area contributed by atoms with Crippen LogP contribution in [0.5, 0.6) is 0 Å². The van der Waals surface area contributed by atoms with Gasteiger partial charge in [-0.25, -0.2) is 0 Å². The third-order valence-electron chi connectivity index (χ3n) is 2.74. The fourth-order valence-corrected chi connectivity index (χ4v) is 1.63. The minimum atomic E-state index is -0.0963. The van der Waals surface area contributed by atoms with Crippen LogP contribution in [-0.2, 0) is 9.53 Å². The third-order valence-corrected chi connectivity index (χ3v) is 2.74. The highest BCUT2D eigenvalue weighted by Crippen LogP contribution is 2.07. The molecule has 1 aromatic carbocycles. The number of hydrogen-bond acceptors (Lipinski definition) is 3. The van der Waals surface area contributed by atoms with Crippen LogP contribution in [0.3, 0.4) is 0 Å². The summed E-state index contributed by atoms with van der Waals surface area (Å²) in [6.07, 6.45) is 6.35. The average molecular weight is 276 g/mol. The summed E-state index contributed by atoms with van der Waals surface area (Å²) in [5.74, 6) is -0.0963. The molecule has 0 aliphatic rings. The van der Waals surface area contributed by atoms with Crippen molar-refractivity contribution in [2.24, 2.45) is 0 Å². The highest BCUT2D eigenvalue weighted by atomic mass is 16.5. The SMILES string of the molecule is CCCCOCCCNC(=O)/C=C/c1cccc(N)c1. The molecule has 1 aromatic rings. The van der Waals surface area contributed by atoms with Gasteiger partial charge in [0.15, 0.2) is 0 Å². The number of anilines is 1. The third kappa shape index (κ3) is 7.59. The maximum absolute atomic E-state index is 11.6. The fourth-order valence-electron chi connectivity index (χ4n) is 1.63. The van der Waals surface area contributed by atoms with Crippen molar-refractivity contribution in [2.45, 2.75) is 26.2 Å². The van der Waals surface area contributed by atoms with Gasteiger partial charge in [0.1, 0.15) is 0 Å². The second-order valence-corrected chi connectivity index (χ2v) is 4.61. The molecule has 20 heavy (non-hydrogen) atoms. The number of ether oxygens (including phenoxy) is 1. The molecular formula is C16H24N2O2. The van der Waals surface area contributed by atoms with Crippen LogP contribution in [0.2, 0.25) is 0 Å². The zero-order valence-electron chi connectivity index (χ0n) is 12.1. The molecule has 0 saturated heterocycles. The standard InChI is InChI=1S/C16H24N2O2/c1-2-3-11-20-12-5-10-18-16(19)9-8-14-6-4-7-15(17)13-14/h4,6-9,13H,2-3,5,10-12,17H2,1H3,(H,18,19)/b9-8+. The molecule has 4 heteroatoms. The first-order valence-corrected chi connectivity index (χ1v) is 7.11. The largest absolute Gasteiger partial charge is 0.399 e. The first-order valence-electron chi connectivity index (χ1n) is 7.11. The number of rotatable bonds is 9. The number of amides is 1. The number of hydrogen-bond donors (Lipinski definition) is 2. The van der Waals surface area contributed by atoms with E-state index in [-0.39, 0.29) is 5.91 Å². The van der Waals surface area contributed by atoms with Crippen molar-refractivity contribution in [1.82, 2.24) is 5.32 Å². The van der Waals surface area contributed by atoms with Gasteiger partial charge < -0.3 is 15.8 Å². The van der Waals surface area contributed by atoms with Crippen molar-refractivity contribution in [2.75, 3.05) is 25.5 Å². The van der Waals surface area contributed by atoms with Gasteiger partial charge in [0, 0.05) is 31.5 Å². The van der Waals surface area contributed by atoms with Gasteiger partial charge >= 0.3 is 0 Å². The molecule has 1 amide bonds. The lowest BCUT2D eigenvalue weighted by Crippen LogP contribution is -2.23. The van der Waals surface area contributed by atoms with E-state index in [1.165, 1.54) is 6.08 Å². The molecule has 0 spiro atoms. The smallest absolute Gasteiger partial charge is 0.244 e. The van der Waals surface area contributed by atoms with Crippen molar-refractivity contribution in [3.8, 4) is 0 Å². The number of nitrogens with one attached hydrogen (secondary N) is 1. The molecule has 0 radical (unpaired) electrons. The second-order valence-electron chi connectivity index (χ2n) is 4.61. The van der Waals surface area contributed by atoms with Crippen LogP contribution in [0.25, 0.3) is 6.08 Å². The van der Waals surface area contributed by atoms with Crippen LogP contribution in [0, 0.1) is 0 Å². The number of nitrogen functional groups attached to an aromatic ring is 1. The highest BCUT2D eigenvalue weighted by molar-refractivity contribution is 5.91. The summed E-state index contributed by atoms with van der Waals surface area (Å²) in [5, 5.41) is 2.82. The van der Waals surface area contributed by atoms with Crippen molar-refractivity contribution in [3.63, 3.8) is 0 Å². The molecule has 0 aromatic heterocycles. The van der Waals surface area contributed by atoms with Crippen LogP contribution in [0.15, 0.2) is 30.3 Å². The highest BCUT2D eigenvalue weighted by Gasteiger charge is 1.95. The Hall–Kier alpha value is -1.81. The summed E-state index contributed by atoms with van der Waals surface area (Å²) in [6, 6.07) is 7.41. The maximum Gasteiger partial charge on any atom is 0.244 e. The molecule has 0 unspecified atom stereocenters. The molecule has 0 heterocycles. The Morgan fingerprint density at radius 1 is 1.35 bits per heavy atom. The summed E-state index contributed by atoms with van der Waals surface area (Å²) in [7, 11) is 0. The molecule has 4 nitrogen and oxygen atoms in total. The average Bonchev–Trinajstić information content (AvgIpc) is 2.44. The van der Waals surface area contributed by atoms with Crippen molar-refractivity contribution in [3.05, 3.63) is 35.9 Å². The molecule has 0 aliphatic carbocycles. The van der Waals surface area contributed by atoms with E-state index in [0.29, 0.717) is 18.8 Å². The van der Waals surface area contributed by atoms with E-state index >= 15 is 0 Å². The predicted molar refractivity (Wildman–Crippen MR) is 83.2 cm³/mol. The normalized spacial score (nSPS) is 10.8. The zero-order valence-corrected chi connectivity index (χ0v) is 12.1. The number of unbranched alkanes of at least 4 members (excludes halogenated alkanes) is 1. The number of benzene rings is 1. The van der Waals surface area contributed by atoms with Gasteiger partial charge in [0.25, 0.3) is 0 Å². The topological polar surface area (TPSA) is 64.3 Å². The monoisotopic (exact) mass is 276 g/mol. The first kappa shape index (κ1) is 16.2. The summed E-state index contributed by atoms with van der Waals surface area (Å²) in [4.78, 5) is 11.6. The minimum Gasteiger partial charge on any atom is -0.399 e. The lowest BCUT2D eigenvalue weighted by atomic mass is 10.2. The lowest BCUT2D eigenvalue weighted by molar-refractivity contribution is -0.116. The lowest BCUT2D eigenvalue weighted by Gasteiger charge is -2.04. The van der Waals surface area contributed by atoms with Gasteiger partial charge in [-0.3, -0.25) is 4.79 Å². The van der Waals surface area contributed by atoms with E-state index in [9.17, 15) is 4.79 Å². The van der Waals surface area contributed by atoms with Gasteiger partial charge in [0.2, 0.25) is 5.91 Å². The van der Waals surface area contributed by atoms with E-state index in [4.69, 9.17) is 10.5 Å². The number of carbonyl (C=O) groups is 1. The molecule has 0 atom stereocenters. The van der Waals surface area contributed by atoms with Crippen LogP contribution < -0.4 is 11.1 Å². The summed E-state index contributed by atoms with van der Waals surface area (Å²) >= 11 is 0. The van der Waals surface area contributed by atoms with Crippen molar-refractivity contribution >= 4 is 17.7 Å². The van der Waals surface area contributed by atoms with Crippen LogP contribution >= 0.6 is 0 Å². The number of nitrogens with two attached hydrogens (primary N) is 1. The van der Waals surface area contributed by atoms with E-state index in [1.54, 1.807) is 6.08 Å². The Kier molecular flexibility index (Phi) is 8.15. The van der Waals surface area contributed by atoms with Gasteiger partial charge in [-0.2, -0.15) is 0 Å². The predicted octanol–water partition coefficient (Wildman–Crippen LogP) is 2.61. The van der Waals surface area contributed by atoms with Crippen molar-refractivity contribution in [1.29, 1.82) is 0 Å². The van der Waals surface area contributed by atoms with Gasteiger partial charge in [0.05, 0.1) is 0 Å². The Morgan fingerprint density at radius 2 is 2.15 bits per heavy atom. The maximum atomic E-state index is 11.6. The zero-order chi connectivity index (χ0) is 14.6. The fraction of sp³-hybridized carbons (Fsp3) is 0.438. The molecule has 0 saturated carbocycles. The Labute approximate surface area is 121 Å². The molecule has 110 valence electrons. The van der Waals surface area contributed by atoms with Gasteiger partial charge in [-0.05, 0) is 36.6 Å². The Bertz CT molecular complexity index is 430. The molecule has 0 aliphatic heterocycles. The van der Waals surface area contributed by atoms with Gasteiger partial charge in [-0.15, -0.1) is 0 Å². The molecule has 3 N–H and O–H groups in total. The van der Waals surface area contributed by atoms with E-state index in [0.717, 1.165) is 31.4 Å². The van der Waals surface area contributed by atoms with E-state index in [1.807, 2.05) is 24.3 Å². The first-order chi connectivity index (χ1) is 9.72. The van der Waals surface area contributed by atoms with E-state index < -0.39 is 0 Å². The minimum absolute atomic E-state index is 0.0963. The molecule has 1 rings (SSSR count). The Morgan fingerprint density at radius 3 is 2.90 bits per heavy atom. The van der Waals surface area contributed by atoms with Gasteiger partial charge in [-0.1, -0.05) is 25.5 Å². The van der Waals surface area contributed by atoms with Crippen molar-refractivity contribution < 1.29 is 9.53 Å². The second kappa shape index (κ2) is 10.0. The molecule has 0 bridgehead atoms. The summed E-state index contributed by atoms with van der Waals surface area (Å²) in [6.45, 7) is 4.27. The quantitative estimate of drug-likeness (QED) is 0.414.